The maximum Gasteiger partial charge on any atom is 0.314 e. The molecule has 0 amide bonds. The molecule has 2 atom stereocenters. The van der Waals surface area contributed by atoms with E-state index >= 15 is 0 Å². The summed E-state index contributed by atoms with van der Waals surface area (Å²) in [6.07, 6.45) is 0. The molecule has 0 aromatic rings. The molecule has 78 valence electrons. The van der Waals surface area contributed by atoms with Crippen LogP contribution >= 0.6 is 12.2 Å². The highest BCUT2D eigenvalue weighted by Gasteiger charge is 2.35. The SMILES string of the molecule is CCN1C(=S)N=C(C)C(C(=O)O)C1C. The predicted octanol–water partition coefficient (Wildman–Crippen LogP) is 1.16. The van der Waals surface area contributed by atoms with Crippen molar-refractivity contribution in [1.29, 1.82) is 0 Å². The van der Waals surface area contributed by atoms with Gasteiger partial charge in [0.2, 0.25) is 0 Å². The van der Waals surface area contributed by atoms with E-state index in [1.807, 2.05) is 18.7 Å². The van der Waals surface area contributed by atoms with Crippen LogP contribution in [0.2, 0.25) is 0 Å². The van der Waals surface area contributed by atoms with Crippen LogP contribution < -0.4 is 0 Å². The summed E-state index contributed by atoms with van der Waals surface area (Å²) in [5, 5.41) is 9.52. The van der Waals surface area contributed by atoms with Crippen LogP contribution in [0, 0.1) is 5.92 Å². The Hall–Kier alpha value is -0.970. The fraction of sp³-hybridized carbons (Fsp3) is 0.667. The molecule has 0 radical (unpaired) electrons. The first kappa shape index (κ1) is 11.1. The normalized spacial score (nSPS) is 27.5. The lowest BCUT2D eigenvalue weighted by Gasteiger charge is -2.36. The quantitative estimate of drug-likeness (QED) is 0.701. The van der Waals surface area contributed by atoms with Crippen molar-refractivity contribution in [2.45, 2.75) is 26.8 Å². The molecule has 14 heavy (non-hydrogen) atoms. The fourth-order valence-electron chi connectivity index (χ4n) is 1.80. The van der Waals surface area contributed by atoms with Gasteiger partial charge in [0, 0.05) is 18.3 Å². The van der Waals surface area contributed by atoms with Crippen molar-refractivity contribution in [3.8, 4) is 0 Å². The third-order valence-electron chi connectivity index (χ3n) is 2.55. The first-order valence-corrected chi connectivity index (χ1v) is 4.98. The summed E-state index contributed by atoms with van der Waals surface area (Å²) in [6, 6.07) is -0.109. The second kappa shape index (κ2) is 4.04. The van der Waals surface area contributed by atoms with Crippen molar-refractivity contribution in [3.63, 3.8) is 0 Å². The highest BCUT2D eigenvalue weighted by atomic mass is 32.1. The van der Waals surface area contributed by atoms with Crippen LogP contribution in [0.15, 0.2) is 4.99 Å². The van der Waals surface area contributed by atoms with Gasteiger partial charge in [-0.25, -0.2) is 4.99 Å². The van der Waals surface area contributed by atoms with E-state index in [9.17, 15) is 4.79 Å². The molecule has 1 aliphatic rings. The Balaban J connectivity index is 3.04. The standard InChI is InChI=1S/C9H14N2O2S/c1-4-11-6(3)7(8(12)13)5(2)10-9(11)14/h6-7H,4H2,1-3H3,(H,12,13). The highest BCUT2D eigenvalue weighted by molar-refractivity contribution is 7.80. The molecule has 2 unspecified atom stereocenters. The molecular weight excluding hydrogens is 200 g/mol. The van der Waals surface area contributed by atoms with Crippen LogP contribution in [0.3, 0.4) is 0 Å². The Morgan fingerprint density at radius 2 is 2.29 bits per heavy atom. The zero-order chi connectivity index (χ0) is 10.9. The summed E-state index contributed by atoms with van der Waals surface area (Å²) < 4.78 is 0. The second-order valence-electron chi connectivity index (χ2n) is 3.38. The third-order valence-corrected chi connectivity index (χ3v) is 2.87. The van der Waals surface area contributed by atoms with E-state index in [1.54, 1.807) is 6.92 Å². The topological polar surface area (TPSA) is 52.9 Å². The molecule has 5 heteroatoms. The Kier molecular flexibility index (Phi) is 3.21. The van der Waals surface area contributed by atoms with Crippen molar-refractivity contribution in [1.82, 2.24) is 4.90 Å². The number of rotatable bonds is 2. The van der Waals surface area contributed by atoms with Crippen molar-refractivity contribution >= 4 is 29.0 Å². The van der Waals surface area contributed by atoms with Crippen LogP contribution in [-0.2, 0) is 4.79 Å². The fourth-order valence-corrected chi connectivity index (χ4v) is 2.24. The lowest BCUT2D eigenvalue weighted by molar-refractivity contribution is -0.140. The Morgan fingerprint density at radius 1 is 1.71 bits per heavy atom. The largest absolute Gasteiger partial charge is 0.481 e. The summed E-state index contributed by atoms with van der Waals surface area (Å²) >= 11 is 5.07. The van der Waals surface area contributed by atoms with E-state index in [1.165, 1.54) is 0 Å². The Morgan fingerprint density at radius 3 is 2.71 bits per heavy atom. The van der Waals surface area contributed by atoms with Gasteiger partial charge in [0.05, 0.1) is 0 Å². The number of hydrogen-bond donors (Lipinski definition) is 1. The van der Waals surface area contributed by atoms with Crippen molar-refractivity contribution in [3.05, 3.63) is 0 Å². The van der Waals surface area contributed by atoms with Gasteiger partial charge in [0.1, 0.15) is 5.92 Å². The van der Waals surface area contributed by atoms with Crippen molar-refractivity contribution in [2.24, 2.45) is 10.9 Å². The zero-order valence-electron chi connectivity index (χ0n) is 8.52. The first-order chi connectivity index (χ1) is 6.49. The smallest absolute Gasteiger partial charge is 0.314 e. The van der Waals surface area contributed by atoms with Gasteiger partial charge in [-0.2, -0.15) is 0 Å². The van der Waals surface area contributed by atoms with Crippen LogP contribution in [0.4, 0.5) is 0 Å². The molecule has 4 nitrogen and oxygen atoms in total. The molecular formula is C9H14N2O2S. The van der Waals surface area contributed by atoms with Crippen LogP contribution in [0.5, 0.6) is 0 Å². The van der Waals surface area contributed by atoms with Gasteiger partial charge in [-0.3, -0.25) is 4.79 Å². The summed E-state index contributed by atoms with van der Waals surface area (Å²) in [6.45, 7) is 6.22. The van der Waals surface area contributed by atoms with Gasteiger partial charge in [-0.05, 0) is 33.0 Å². The van der Waals surface area contributed by atoms with Crippen molar-refractivity contribution < 1.29 is 9.90 Å². The van der Waals surface area contributed by atoms with E-state index < -0.39 is 11.9 Å². The van der Waals surface area contributed by atoms with E-state index in [0.717, 1.165) is 0 Å². The Labute approximate surface area is 88.6 Å². The maximum absolute atomic E-state index is 11.0. The molecule has 0 spiro atoms. The third kappa shape index (κ3) is 1.77. The van der Waals surface area contributed by atoms with Gasteiger partial charge < -0.3 is 10.0 Å². The van der Waals surface area contributed by atoms with Crippen LogP contribution in [-0.4, -0.2) is 39.4 Å². The average molecular weight is 214 g/mol. The number of nitrogens with zero attached hydrogens (tertiary/aromatic N) is 2. The number of carbonyl (C=O) groups is 1. The van der Waals surface area contributed by atoms with Crippen molar-refractivity contribution in [2.75, 3.05) is 6.54 Å². The lowest BCUT2D eigenvalue weighted by atomic mass is 9.94. The molecule has 0 aliphatic carbocycles. The van der Waals surface area contributed by atoms with Gasteiger partial charge in [0.15, 0.2) is 5.11 Å². The number of aliphatic imine (C=N–C) groups is 1. The first-order valence-electron chi connectivity index (χ1n) is 4.57. The zero-order valence-corrected chi connectivity index (χ0v) is 9.34. The van der Waals surface area contributed by atoms with E-state index in [2.05, 4.69) is 4.99 Å². The minimum Gasteiger partial charge on any atom is -0.481 e. The monoisotopic (exact) mass is 214 g/mol. The summed E-state index contributed by atoms with van der Waals surface area (Å²) in [7, 11) is 0. The molecule has 1 heterocycles. The average Bonchev–Trinajstić information content (AvgIpc) is 2.02. The number of aliphatic carboxylic acids is 1. The van der Waals surface area contributed by atoms with Gasteiger partial charge in [-0.1, -0.05) is 0 Å². The molecule has 0 aromatic carbocycles. The number of carboxylic acid groups (broad SMARTS) is 1. The number of thiocarbonyl (C=S) groups is 1. The lowest BCUT2D eigenvalue weighted by Crippen LogP contribution is -2.50. The molecule has 0 fully saturated rings. The van der Waals surface area contributed by atoms with Gasteiger partial charge in [0.25, 0.3) is 0 Å². The molecule has 1 N–H and O–H groups in total. The summed E-state index contributed by atoms with van der Waals surface area (Å²) in [5.41, 5.74) is 0.597. The second-order valence-corrected chi connectivity index (χ2v) is 3.74. The van der Waals surface area contributed by atoms with Crippen LogP contribution in [0.25, 0.3) is 0 Å². The molecule has 1 rings (SSSR count). The number of hydrogen-bond acceptors (Lipinski definition) is 2. The molecule has 1 aliphatic heterocycles. The minimum absolute atomic E-state index is 0.109. The van der Waals surface area contributed by atoms with Gasteiger partial charge >= 0.3 is 5.97 Å². The number of carboxylic acids is 1. The summed E-state index contributed by atoms with van der Waals surface area (Å²) in [4.78, 5) is 16.9. The van der Waals surface area contributed by atoms with Crippen LogP contribution in [0.1, 0.15) is 20.8 Å². The highest BCUT2D eigenvalue weighted by Crippen LogP contribution is 2.20. The van der Waals surface area contributed by atoms with E-state index in [0.29, 0.717) is 17.4 Å². The molecule has 0 bridgehead atoms. The maximum atomic E-state index is 11.0. The Bertz CT molecular complexity index is 301. The van der Waals surface area contributed by atoms with E-state index in [-0.39, 0.29) is 6.04 Å². The van der Waals surface area contributed by atoms with E-state index in [4.69, 9.17) is 17.3 Å². The molecule has 0 aromatic heterocycles. The predicted molar refractivity (Wildman–Crippen MR) is 58.7 cm³/mol. The minimum atomic E-state index is -0.834. The summed E-state index contributed by atoms with van der Waals surface area (Å²) in [5.74, 6) is -1.37. The van der Waals surface area contributed by atoms with Gasteiger partial charge in [-0.15, -0.1) is 0 Å². The molecule has 0 saturated carbocycles. The molecule has 0 saturated heterocycles.